The van der Waals surface area contributed by atoms with E-state index in [-0.39, 0.29) is 5.41 Å². The Hall–Kier alpha value is -3.46. The molecule has 6 heteroatoms. The van der Waals surface area contributed by atoms with Crippen LogP contribution in [0.15, 0.2) is 49.1 Å². The lowest BCUT2D eigenvalue weighted by Crippen LogP contribution is -2.23. The van der Waals surface area contributed by atoms with Gasteiger partial charge in [-0.15, -0.1) is 0 Å². The summed E-state index contributed by atoms with van der Waals surface area (Å²) in [5.41, 5.74) is 4.27. The van der Waals surface area contributed by atoms with E-state index in [0.717, 1.165) is 23.3 Å². The fraction of sp³-hybridized carbons (Fsp3) is 0.238. The van der Waals surface area contributed by atoms with Crippen molar-refractivity contribution in [2.75, 3.05) is 6.54 Å². The van der Waals surface area contributed by atoms with E-state index in [1.165, 1.54) is 6.21 Å². The zero-order valence-corrected chi connectivity index (χ0v) is 15.7. The molecule has 0 aliphatic rings. The summed E-state index contributed by atoms with van der Waals surface area (Å²) in [4.78, 5) is 8.83. The molecule has 136 valence electrons. The third kappa shape index (κ3) is 4.21. The van der Waals surface area contributed by atoms with E-state index in [9.17, 15) is 5.26 Å². The Bertz CT molecular complexity index is 1050. The fourth-order valence-corrected chi connectivity index (χ4v) is 2.70. The number of hydrogen-bond donors (Lipinski definition) is 2. The molecule has 0 atom stereocenters. The van der Waals surface area contributed by atoms with Gasteiger partial charge < -0.3 is 15.1 Å². The molecule has 0 aliphatic heterocycles. The summed E-state index contributed by atoms with van der Waals surface area (Å²) >= 11 is 0. The van der Waals surface area contributed by atoms with Crippen molar-refractivity contribution < 1.29 is 0 Å². The first kappa shape index (κ1) is 18.3. The van der Waals surface area contributed by atoms with E-state index >= 15 is 0 Å². The average molecular weight is 358 g/mol. The zero-order chi connectivity index (χ0) is 19.4. The number of nitriles is 1. The number of imidazole rings is 1. The number of hydrogen-bond acceptors (Lipinski definition) is 5. The summed E-state index contributed by atoms with van der Waals surface area (Å²) < 4.78 is 1.91. The Balaban J connectivity index is 2.08. The Labute approximate surface area is 158 Å². The van der Waals surface area contributed by atoms with Crippen molar-refractivity contribution in [3.63, 3.8) is 0 Å². The molecule has 3 rings (SSSR count). The predicted molar refractivity (Wildman–Crippen MR) is 107 cm³/mol. The molecule has 0 amide bonds. The van der Waals surface area contributed by atoms with Gasteiger partial charge in [-0.2, -0.15) is 5.26 Å². The van der Waals surface area contributed by atoms with E-state index < -0.39 is 0 Å². The Kier molecular flexibility index (Phi) is 5.04. The lowest BCUT2D eigenvalue weighted by molar-refractivity contribution is 0.403. The van der Waals surface area contributed by atoms with Crippen molar-refractivity contribution in [1.29, 1.82) is 10.7 Å². The Morgan fingerprint density at radius 1 is 1.30 bits per heavy atom. The minimum Gasteiger partial charge on any atom is -0.390 e. The summed E-state index contributed by atoms with van der Waals surface area (Å²) in [6.07, 6.45) is 8.65. The average Bonchev–Trinajstić information content (AvgIpc) is 3.12. The molecular weight excluding hydrogens is 336 g/mol. The minimum absolute atomic E-state index is 0.126. The largest absolute Gasteiger partial charge is 0.390 e. The second kappa shape index (κ2) is 7.42. The quantitative estimate of drug-likeness (QED) is 0.677. The first-order valence-corrected chi connectivity index (χ1v) is 8.70. The molecule has 0 spiro atoms. The highest BCUT2D eigenvalue weighted by molar-refractivity contribution is 6.10. The van der Waals surface area contributed by atoms with Gasteiger partial charge >= 0.3 is 0 Å². The molecule has 2 N–H and O–H groups in total. The molecule has 0 fully saturated rings. The van der Waals surface area contributed by atoms with Gasteiger partial charge in [-0.25, -0.2) is 9.97 Å². The number of fused-ring (bicyclic) bond motifs is 1. The van der Waals surface area contributed by atoms with Crippen LogP contribution < -0.4 is 5.32 Å². The van der Waals surface area contributed by atoms with E-state index in [1.807, 2.05) is 41.2 Å². The smallest absolute Gasteiger partial charge is 0.141 e. The van der Waals surface area contributed by atoms with Crippen LogP contribution in [0, 0.1) is 22.2 Å². The SMILES string of the molecule is CC(C)(C)CN/C=C(\C=N)c1ccc(C#N)nc1-c1ccn2ccnc2c1. The second-order valence-electron chi connectivity index (χ2n) is 7.50. The van der Waals surface area contributed by atoms with Crippen LogP contribution in [0.4, 0.5) is 0 Å². The molecule has 0 unspecified atom stereocenters. The standard InChI is InChI=1S/C21H22N6/c1-21(2,3)14-24-13-16(11-22)18-5-4-17(12-23)26-20(18)15-6-8-27-9-7-25-19(27)10-15/h4-11,13,22,24H,14H2,1-3H3/b16-13+,22-11?. The van der Waals surface area contributed by atoms with Gasteiger partial charge in [-0.1, -0.05) is 20.8 Å². The summed E-state index contributed by atoms with van der Waals surface area (Å²) in [6.45, 7) is 7.22. The number of nitrogens with zero attached hydrogens (tertiary/aromatic N) is 4. The van der Waals surface area contributed by atoms with Crippen LogP contribution in [0.3, 0.4) is 0 Å². The van der Waals surface area contributed by atoms with Crippen molar-refractivity contribution in [2.45, 2.75) is 20.8 Å². The predicted octanol–water partition coefficient (Wildman–Crippen LogP) is 3.89. The number of allylic oxidation sites excluding steroid dienone is 1. The van der Waals surface area contributed by atoms with Crippen molar-refractivity contribution in [1.82, 2.24) is 19.7 Å². The molecule has 3 aromatic rings. The lowest BCUT2D eigenvalue weighted by Gasteiger charge is -2.18. The first-order valence-electron chi connectivity index (χ1n) is 8.70. The molecule has 0 radical (unpaired) electrons. The first-order chi connectivity index (χ1) is 12.9. The van der Waals surface area contributed by atoms with Gasteiger partial charge in [0.25, 0.3) is 0 Å². The van der Waals surface area contributed by atoms with Crippen LogP contribution >= 0.6 is 0 Å². The van der Waals surface area contributed by atoms with E-state index in [2.05, 4.69) is 42.1 Å². The van der Waals surface area contributed by atoms with Crippen LogP contribution in [-0.4, -0.2) is 27.1 Å². The van der Waals surface area contributed by atoms with Crippen molar-refractivity contribution in [3.05, 3.63) is 60.3 Å². The normalized spacial score (nSPS) is 12.0. The van der Waals surface area contributed by atoms with Gasteiger partial charge in [0.2, 0.25) is 0 Å². The fourth-order valence-electron chi connectivity index (χ4n) is 2.70. The molecule has 0 saturated heterocycles. The van der Waals surface area contributed by atoms with Crippen LogP contribution in [-0.2, 0) is 0 Å². The second-order valence-corrected chi connectivity index (χ2v) is 7.50. The molecule has 0 saturated carbocycles. The van der Waals surface area contributed by atoms with Crippen molar-refractivity contribution >= 4 is 17.4 Å². The monoisotopic (exact) mass is 358 g/mol. The van der Waals surface area contributed by atoms with Crippen LogP contribution in [0.25, 0.3) is 22.5 Å². The maximum Gasteiger partial charge on any atom is 0.141 e. The highest BCUT2D eigenvalue weighted by atomic mass is 15.0. The summed E-state index contributed by atoms with van der Waals surface area (Å²) in [5.74, 6) is 0. The topological polar surface area (TPSA) is 89.9 Å². The van der Waals surface area contributed by atoms with Crippen LogP contribution in [0.2, 0.25) is 0 Å². The van der Waals surface area contributed by atoms with E-state index in [4.69, 9.17) is 5.41 Å². The van der Waals surface area contributed by atoms with Gasteiger partial charge in [-0.3, -0.25) is 0 Å². The third-order valence-electron chi connectivity index (χ3n) is 4.04. The van der Waals surface area contributed by atoms with Crippen molar-refractivity contribution in [2.24, 2.45) is 5.41 Å². The number of aromatic nitrogens is 3. The molecule has 0 bridgehead atoms. The summed E-state index contributed by atoms with van der Waals surface area (Å²) in [5, 5.41) is 20.4. The van der Waals surface area contributed by atoms with Gasteiger partial charge in [-0.05, 0) is 29.7 Å². The summed E-state index contributed by atoms with van der Waals surface area (Å²) in [7, 11) is 0. The summed E-state index contributed by atoms with van der Waals surface area (Å²) in [6, 6.07) is 9.47. The molecule has 6 nitrogen and oxygen atoms in total. The lowest BCUT2D eigenvalue weighted by atomic mass is 9.97. The minimum atomic E-state index is 0.126. The maximum atomic E-state index is 9.26. The number of nitrogens with one attached hydrogen (secondary N) is 2. The Morgan fingerprint density at radius 3 is 2.81 bits per heavy atom. The van der Waals surface area contributed by atoms with Gasteiger partial charge in [0.05, 0.1) is 5.69 Å². The zero-order valence-electron chi connectivity index (χ0n) is 15.7. The molecule has 0 aromatic carbocycles. The van der Waals surface area contributed by atoms with Gasteiger partial charge in [0, 0.05) is 54.2 Å². The number of pyridine rings is 2. The van der Waals surface area contributed by atoms with Gasteiger partial charge in [0.15, 0.2) is 0 Å². The Morgan fingerprint density at radius 2 is 2.11 bits per heavy atom. The van der Waals surface area contributed by atoms with Crippen LogP contribution in [0.1, 0.15) is 32.0 Å². The number of rotatable bonds is 5. The molecule has 3 heterocycles. The molecule has 3 aromatic heterocycles. The molecule has 27 heavy (non-hydrogen) atoms. The van der Waals surface area contributed by atoms with Crippen molar-refractivity contribution in [3.8, 4) is 17.3 Å². The maximum absolute atomic E-state index is 9.26. The third-order valence-corrected chi connectivity index (χ3v) is 4.04. The van der Waals surface area contributed by atoms with E-state index in [0.29, 0.717) is 17.0 Å². The molecular formula is C21H22N6. The van der Waals surface area contributed by atoms with Crippen LogP contribution in [0.5, 0.6) is 0 Å². The highest BCUT2D eigenvalue weighted by Crippen LogP contribution is 2.27. The highest BCUT2D eigenvalue weighted by Gasteiger charge is 2.13. The van der Waals surface area contributed by atoms with E-state index in [1.54, 1.807) is 12.3 Å². The molecule has 0 aliphatic carbocycles. The van der Waals surface area contributed by atoms with Gasteiger partial charge in [0.1, 0.15) is 17.4 Å².